The predicted octanol–water partition coefficient (Wildman–Crippen LogP) is 3.01. The molecule has 126 valence electrons. The van der Waals surface area contributed by atoms with E-state index >= 15 is 0 Å². The Morgan fingerprint density at radius 3 is 2.79 bits per heavy atom. The van der Waals surface area contributed by atoms with Crippen molar-refractivity contribution < 1.29 is 23.0 Å². The van der Waals surface area contributed by atoms with Crippen molar-refractivity contribution in [3.63, 3.8) is 0 Å². The number of benzene rings is 2. The Bertz CT molecular complexity index is 742. The number of carbonyl (C=O) groups is 1. The zero-order valence-corrected chi connectivity index (χ0v) is 13.4. The molecule has 1 atom stereocenters. The van der Waals surface area contributed by atoms with Crippen molar-refractivity contribution in [2.45, 2.75) is 11.0 Å². The van der Waals surface area contributed by atoms with Crippen LogP contribution in [0.15, 0.2) is 47.4 Å². The first-order valence-corrected chi connectivity index (χ1v) is 8.33. The van der Waals surface area contributed by atoms with Crippen LogP contribution in [0, 0.1) is 11.6 Å². The monoisotopic (exact) mass is 351 g/mol. The lowest BCUT2D eigenvalue weighted by Crippen LogP contribution is -2.41. The second-order valence-corrected chi connectivity index (χ2v) is 6.18. The highest BCUT2D eigenvalue weighted by molar-refractivity contribution is 8.00. The molecule has 1 unspecified atom stereocenters. The number of carbonyl (C=O) groups excluding carboxylic acids is 1. The lowest BCUT2D eigenvalue weighted by molar-refractivity contribution is -0.119. The van der Waals surface area contributed by atoms with Crippen LogP contribution in [0.25, 0.3) is 0 Å². The summed E-state index contributed by atoms with van der Waals surface area (Å²) in [6.45, 7) is 0.636. The molecule has 0 spiro atoms. The van der Waals surface area contributed by atoms with E-state index in [0.29, 0.717) is 24.7 Å². The molecular weight excluding hydrogens is 336 g/mol. The van der Waals surface area contributed by atoms with Crippen molar-refractivity contribution in [2.24, 2.45) is 0 Å². The largest absolute Gasteiger partial charge is 0.486 e. The third kappa shape index (κ3) is 4.17. The lowest BCUT2D eigenvalue weighted by Gasteiger charge is -2.26. The highest BCUT2D eigenvalue weighted by Gasteiger charge is 2.21. The van der Waals surface area contributed by atoms with Crippen molar-refractivity contribution in [3.8, 4) is 11.5 Å². The molecule has 24 heavy (non-hydrogen) atoms. The first-order valence-electron chi connectivity index (χ1n) is 7.35. The van der Waals surface area contributed by atoms with Gasteiger partial charge in [0, 0.05) is 11.0 Å². The first kappa shape index (κ1) is 16.6. The summed E-state index contributed by atoms with van der Waals surface area (Å²) >= 11 is 1.01. The number of ether oxygens (including phenoxy) is 2. The summed E-state index contributed by atoms with van der Waals surface area (Å²) in [5.74, 6) is -0.212. The van der Waals surface area contributed by atoms with E-state index in [1.807, 2.05) is 18.2 Å². The maximum absolute atomic E-state index is 13.5. The summed E-state index contributed by atoms with van der Waals surface area (Å²) in [7, 11) is 0. The van der Waals surface area contributed by atoms with Crippen molar-refractivity contribution in [3.05, 3.63) is 54.1 Å². The third-order valence-corrected chi connectivity index (χ3v) is 4.40. The molecule has 1 amide bonds. The average Bonchev–Trinajstić information content (AvgIpc) is 2.59. The number of hydrogen-bond donors (Lipinski definition) is 1. The second-order valence-electron chi connectivity index (χ2n) is 5.17. The number of rotatable bonds is 5. The molecule has 0 bridgehead atoms. The molecule has 0 radical (unpaired) electrons. The Kier molecular flexibility index (Phi) is 5.20. The van der Waals surface area contributed by atoms with Gasteiger partial charge >= 0.3 is 0 Å². The van der Waals surface area contributed by atoms with Crippen molar-refractivity contribution in [1.82, 2.24) is 5.32 Å². The van der Waals surface area contributed by atoms with Gasteiger partial charge in [-0.05, 0) is 24.3 Å². The summed E-state index contributed by atoms with van der Waals surface area (Å²) in [5, 5.41) is 2.72. The zero-order chi connectivity index (χ0) is 16.9. The van der Waals surface area contributed by atoms with Crippen LogP contribution in [0.5, 0.6) is 11.5 Å². The summed E-state index contributed by atoms with van der Waals surface area (Å²) in [5.41, 5.74) is 0. The van der Waals surface area contributed by atoms with Crippen LogP contribution in [0.2, 0.25) is 0 Å². The van der Waals surface area contributed by atoms with Crippen LogP contribution >= 0.6 is 11.8 Å². The Labute approximate surface area is 142 Å². The van der Waals surface area contributed by atoms with Gasteiger partial charge in [-0.25, -0.2) is 8.78 Å². The number of thioether (sulfide) groups is 1. The van der Waals surface area contributed by atoms with E-state index in [1.165, 1.54) is 6.07 Å². The van der Waals surface area contributed by atoms with Gasteiger partial charge in [-0.2, -0.15) is 0 Å². The number of amides is 1. The van der Waals surface area contributed by atoms with E-state index in [9.17, 15) is 13.6 Å². The van der Waals surface area contributed by atoms with Gasteiger partial charge in [-0.15, -0.1) is 11.8 Å². The number of fused-ring (bicyclic) bond motifs is 1. The van der Waals surface area contributed by atoms with Gasteiger partial charge in [0.25, 0.3) is 0 Å². The summed E-state index contributed by atoms with van der Waals surface area (Å²) < 4.78 is 37.6. The van der Waals surface area contributed by atoms with Gasteiger partial charge < -0.3 is 14.8 Å². The van der Waals surface area contributed by atoms with Gasteiger partial charge in [-0.3, -0.25) is 4.79 Å². The fourth-order valence-corrected chi connectivity index (χ4v) is 2.93. The quantitative estimate of drug-likeness (QED) is 0.842. The number of para-hydroxylation sites is 2. The van der Waals surface area contributed by atoms with Crippen LogP contribution < -0.4 is 14.8 Å². The summed E-state index contributed by atoms with van der Waals surface area (Å²) in [4.78, 5) is 12.1. The molecule has 0 saturated heterocycles. The highest BCUT2D eigenvalue weighted by atomic mass is 32.2. The van der Waals surface area contributed by atoms with E-state index in [1.54, 1.807) is 6.07 Å². The molecule has 2 aromatic rings. The van der Waals surface area contributed by atoms with Crippen LogP contribution in [0.3, 0.4) is 0 Å². The molecule has 0 aromatic heterocycles. The zero-order valence-electron chi connectivity index (χ0n) is 12.6. The minimum Gasteiger partial charge on any atom is -0.486 e. The van der Waals surface area contributed by atoms with E-state index < -0.39 is 11.6 Å². The van der Waals surface area contributed by atoms with Crippen LogP contribution in [0.1, 0.15) is 0 Å². The van der Waals surface area contributed by atoms with Gasteiger partial charge in [0.2, 0.25) is 5.91 Å². The maximum Gasteiger partial charge on any atom is 0.230 e. The average molecular weight is 351 g/mol. The van der Waals surface area contributed by atoms with Crippen LogP contribution in [-0.2, 0) is 4.79 Å². The fourth-order valence-electron chi connectivity index (χ4n) is 2.18. The van der Waals surface area contributed by atoms with Crippen LogP contribution in [0.4, 0.5) is 8.78 Å². The number of hydrogen-bond acceptors (Lipinski definition) is 4. The van der Waals surface area contributed by atoms with Crippen molar-refractivity contribution in [2.75, 3.05) is 18.9 Å². The number of nitrogens with one attached hydrogen (secondary N) is 1. The molecular formula is C17H15F2NO3S. The molecule has 1 aliphatic heterocycles. The van der Waals surface area contributed by atoms with Crippen molar-refractivity contribution in [1.29, 1.82) is 0 Å². The molecule has 1 N–H and O–H groups in total. The minimum absolute atomic E-state index is 0.0344. The molecule has 1 heterocycles. The second kappa shape index (κ2) is 7.53. The fraction of sp³-hybridized carbons (Fsp3) is 0.235. The van der Waals surface area contributed by atoms with Gasteiger partial charge in [0.1, 0.15) is 24.3 Å². The maximum atomic E-state index is 13.5. The Morgan fingerprint density at radius 1 is 1.21 bits per heavy atom. The Morgan fingerprint density at radius 2 is 2.00 bits per heavy atom. The molecule has 3 rings (SSSR count). The molecule has 4 nitrogen and oxygen atoms in total. The van der Waals surface area contributed by atoms with Gasteiger partial charge in [-0.1, -0.05) is 12.1 Å². The SMILES string of the molecule is O=C(CSc1ccc(F)cc1F)NCC1COc2ccccc2O1. The van der Waals surface area contributed by atoms with E-state index in [0.717, 1.165) is 23.9 Å². The molecule has 1 aliphatic rings. The van der Waals surface area contributed by atoms with Gasteiger partial charge in [0.05, 0.1) is 12.3 Å². The van der Waals surface area contributed by atoms with E-state index in [4.69, 9.17) is 9.47 Å². The Hall–Kier alpha value is -2.28. The predicted molar refractivity (Wildman–Crippen MR) is 86.4 cm³/mol. The first-order chi connectivity index (χ1) is 11.6. The van der Waals surface area contributed by atoms with Crippen LogP contribution in [-0.4, -0.2) is 30.9 Å². The summed E-state index contributed by atoms with van der Waals surface area (Å²) in [6.07, 6.45) is -0.281. The highest BCUT2D eigenvalue weighted by Crippen LogP contribution is 2.30. The molecule has 0 aliphatic carbocycles. The Balaban J connectivity index is 1.45. The van der Waals surface area contributed by atoms with E-state index in [-0.39, 0.29) is 22.7 Å². The molecule has 0 fully saturated rings. The minimum atomic E-state index is -0.673. The lowest BCUT2D eigenvalue weighted by atomic mass is 10.2. The van der Waals surface area contributed by atoms with Gasteiger partial charge in [0.15, 0.2) is 11.5 Å². The third-order valence-electron chi connectivity index (χ3n) is 3.35. The van der Waals surface area contributed by atoms with E-state index in [2.05, 4.69) is 5.32 Å². The molecule has 7 heteroatoms. The molecule has 2 aromatic carbocycles. The molecule has 0 saturated carbocycles. The van der Waals surface area contributed by atoms with Crippen molar-refractivity contribution >= 4 is 17.7 Å². The normalized spacial score (nSPS) is 15.8. The standard InChI is InChI=1S/C17H15F2NO3S/c18-11-5-6-16(13(19)7-11)24-10-17(21)20-8-12-9-22-14-3-1-2-4-15(14)23-12/h1-7,12H,8-10H2,(H,20,21). The smallest absolute Gasteiger partial charge is 0.230 e. The topological polar surface area (TPSA) is 47.6 Å². The summed E-state index contributed by atoms with van der Waals surface area (Å²) in [6, 6.07) is 10.6. The number of halogens is 2.